The summed E-state index contributed by atoms with van der Waals surface area (Å²) in [6.07, 6.45) is 3.64. The molecule has 1 fully saturated rings. The lowest BCUT2D eigenvalue weighted by Gasteiger charge is -2.13. The minimum atomic E-state index is -0.0529. The summed E-state index contributed by atoms with van der Waals surface area (Å²) in [5, 5.41) is 3.27. The first kappa shape index (κ1) is 15.6. The zero-order chi connectivity index (χ0) is 17.2. The molecule has 0 spiro atoms. The lowest BCUT2D eigenvalue weighted by molar-refractivity contribution is 0.0593. The number of fused-ring (bicyclic) bond motifs is 1. The maximum Gasteiger partial charge on any atom is 0.224 e. The van der Waals surface area contributed by atoms with E-state index in [-0.39, 0.29) is 12.2 Å². The highest BCUT2D eigenvalue weighted by Gasteiger charge is 2.22. The van der Waals surface area contributed by atoms with Crippen LogP contribution in [-0.2, 0) is 4.74 Å². The minimum absolute atomic E-state index is 0.0529. The summed E-state index contributed by atoms with van der Waals surface area (Å²) in [5.41, 5.74) is 8.04. The van der Waals surface area contributed by atoms with Gasteiger partial charge in [-0.1, -0.05) is 12.1 Å². The van der Waals surface area contributed by atoms with Crippen molar-refractivity contribution >= 4 is 28.6 Å². The number of hydrogen-bond acceptors (Lipinski definition) is 7. The van der Waals surface area contributed by atoms with Crippen molar-refractivity contribution in [2.45, 2.75) is 26.0 Å². The second kappa shape index (κ2) is 6.56. The number of nitrogens with two attached hydrogens (primary N) is 1. The number of imidazole rings is 1. The minimum Gasteiger partial charge on any atom is -0.492 e. The summed E-state index contributed by atoms with van der Waals surface area (Å²) in [6, 6.07) is 7.68. The molecule has 1 aromatic carbocycles. The Morgan fingerprint density at radius 3 is 3.04 bits per heavy atom. The molecule has 1 atom stereocenters. The molecule has 0 saturated carbocycles. The summed E-state index contributed by atoms with van der Waals surface area (Å²) < 4.78 is 13.3. The van der Waals surface area contributed by atoms with E-state index in [9.17, 15) is 0 Å². The van der Waals surface area contributed by atoms with Crippen molar-refractivity contribution in [2.75, 3.05) is 24.3 Å². The van der Waals surface area contributed by atoms with Crippen molar-refractivity contribution in [3.63, 3.8) is 0 Å². The van der Waals surface area contributed by atoms with E-state index in [1.807, 2.05) is 35.8 Å². The predicted molar refractivity (Wildman–Crippen MR) is 94.9 cm³/mol. The van der Waals surface area contributed by atoms with Gasteiger partial charge in [0.1, 0.15) is 12.0 Å². The van der Waals surface area contributed by atoms with Gasteiger partial charge in [-0.25, -0.2) is 4.98 Å². The van der Waals surface area contributed by atoms with Crippen LogP contribution in [0.4, 0.5) is 17.5 Å². The van der Waals surface area contributed by atoms with Gasteiger partial charge in [-0.2, -0.15) is 9.97 Å². The number of para-hydroxylation sites is 2. The Labute approximate surface area is 145 Å². The van der Waals surface area contributed by atoms with Crippen molar-refractivity contribution < 1.29 is 9.47 Å². The van der Waals surface area contributed by atoms with E-state index < -0.39 is 0 Å². The number of nitrogens with one attached hydrogen (secondary N) is 1. The monoisotopic (exact) mass is 340 g/mol. The normalized spacial score (nSPS) is 17.1. The van der Waals surface area contributed by atoms with Crippen LogP contribution in [-0.4, -0.2) is 32.7 Å². The molecule has 1 aliphatic rings. The van der Waals surface area contributed by atoms with E-state index in [1.165, 1.54) is 0 Å². The predicted octanol–water partition coefficient (Wildman–Crippen LogP) is 2.86. The van der Waals surface area contributed by atoms with Crippen molar-refractivity contribution in [3.8, 4) is 5.75 Å². The maximum absolute atomic E-state index is 5.93. The van der Waals surface area contributed by atoms with Crippen LogP contribution in [0.15, 0.2) is 30.6 Å². The molecule has 4 rings (SSSR count). The fourth-order valence-electron chi connectivity index (χ4n) is 2.99. The average molecular weight is 340 g/mol. The van der Waals surface area contributed by atoms with Crippen LogP contribution in [0.25, 0.3) is 11.2 Å². The molecule has 8 heteroatoms. The summed E-state index contributed by atoms with van der Waals surface area (Å²) in [6.45, 7) is 3.27. The zero-order valence-electron chi connectivity index (χ0n) is 14.0. The molecular weight excluding hydrogens is 320 g/mol. The van der Waals surface area contributed by atoms with Crippen molar-refractivity contribution in [1.82, 2.24) is 19.5 Å². The number of rotatable bonds is 5. The molecule has 0 radical (unpaired) electrons. The van der Waals surface area contributed by atoms with Gasteiger partial charge in [0.05, 0.1) is 18.6 Å². The molecule has 25 heavy (non-hydrogen) atoms. The second-order valence-electron chi connectivity index (χ2n) is 5.78. The van der Waals surface area contributed by atoms with Gasteiger partial charge in [0.15, 0.2) is 17.0 Å². The third kappa shape index (κ3) is 2.96. The van der Waals surface area contributed by atoms with E-state index >= 15 is 0 Å². The maximum atomic E-state index is 5.93. The number of nitrogens with zero attached hydrogens (tertiary/aromatic N) is 4. The molecule has 130 valence electrons. The molecule has 8 nitrogen and oxygen atoms in total. The van der Waals surface area contributed by atoms with Crippen LogP contribution in [0.2, 0.25) is 0 Å². The van der Waals surface area contributed by atoms with Crippen LogP contribution in [0.5, 0.6) is 5.75 Å². The highest BCUT2D eigenvalue weighted by molar-refractivity contribution is 5.87. The van der Waals surface area contributed by atoms with Gasteiger partial charge in [-0.3, -0.25) is 4.57 Å². The molecule has 3 N–H and O–H groups in total. The molecule has 2 aromatic heterocycles. The molecule has 0 aliphatic carbocycles. The smallest absolute Gasteiger partial charge is 0.224 e. The molecule has 1 saturated heterocycles. The van der Waals surface area contributed by atoms with E-state index in [2.05, 4.69) is 20.3 Å². The zero-order valence-corrected chi connectivity index (χ0v) is 14.0. The first-order valence-electron chi connectivity index (χ1n) is 8.36. The van der Waals surface area contributed by atoms with Gasteiger partial charge in [-0.15, -0.1) is 0 Å². The first-order chi connectivity index (χ1) is 12.3. The molecule has 1 unspecified atom stereocenters. The lowest BCUT2D eigenvalue weighted by Crippen LogP contribution is -2.08. The van der Waals surface area contributed by atoms with Gasteiger partial charge in [-0.05, 0) is 31.9 Å². The fraction of sp³-hybridized carbons (Fsp3) is 0.353. The highest BCUT2D eigenvalue weighted by atomic mass is 16.5. The standard InChI is InChI=1S/C17H20N6O2/c1-2-24-12-7-4-3-6-11(12)20-15-14-16(22-17(18)21-15)23(10-19-14)13-8-5-9-25-13/h3-4,6-7,10,13H,2,5,8-9H2,1H3,(H3,18,20,21,22). The topological polar surface area (TPSA) is 100 Å². The average Bonchev–Trinajstić information content (AvgIpc) is 3.25. The van der Waals surface area contributed by atoms with Gasteiger partial charge < -0.3 is 20.5 Å². The largest absolute Gasteiger partial charge is 0.492 e. The van der Waals surface area contributed by atoms with Gasteiger partial charge >= 0.3 is 0 Å². The van der Waals surface area contributed by atoms with Crippen LogP contribution in [0.1, 0.15) is 26.0 Å². The summed E-state index contributed by atoms with van der Waals surface area (Å²) in [7, 11) is 0. The number of hydrogen-bond donors (Lipinski definition) is 2. The molecule has 0 bridgehead atoms. The number of nitrogen functional groups attached to an aromatic ring is 1. The van der Waals surface area contributed by atoms with Crippen molar-refractivity contribution in [3.05, 3.63) is 30.6 Å². The number of benzene rings is 1. The number of aromatic nitrogens is 4. The third-order valence-corrected chi connectivity index (χ3v) is 4.09. The first-order valence-corrected chi connectivity index (χ1v) is 8.36. The molecule has 3 heterocycles. The second-order valence-corrected chi connectivity index (χ2v) is 5.78. The quantitative estimate of drug-likeness (QED) is 0.736. The van der Waals surface area contributed by atoms with Gasteiger partial charge in [0, 0.05) is 6.61 Å². The van der Waals surface area contributed by atoms with Gasteiger partial charge in [0.2, 0.25) is 5.95 Å². The van der Waals surface area contributed by atoms with Gasteiger partial charge in [0.25, 0.3) is 0 Å². The summed E-state index contributed by atoms with van der Waals surface area (Å²) in [4.78, 5) is 13.2. The summed E-state index contributed by atoms with van der Waals surface area (Å²) in [5.74, 6) is 1.48. The van der Waals surface area contributed by atoms with E-state index in [0.29, 0.717) is 23.6 Å². The van der Waals surface area contributed by atoms with E-state index in [1.54, 1.807) is 6.33 Å². The Morgan fingerprint density at radius 2 is 2.24 bits per heavy atom. The van der Waals surface area contributed by atoms with Crippen molar-refractivity contribution in [2.24, 2.45) is 0 Å². The Bertz CT molecular complexity index is 888. The van der Waals surface area contributed by atoms with Crippen LogP contribution in [0.3, 0.4) is 0 Å². The van der Waals surface area contributed by atoms with E-state index in [4.69, 9.17) is 15.2 Å². The van der Waals surface area contributed by atoms with Crippen LogP contribution >= 0.6 is 0 Å². The highest BCUT2D eigenvalue weighted by Crippen LogP contribution is 2.32. The molecule has 0 amide bonds. The lowest BCUT2D eigenvalue weighted by atomic mass is 10.3. The van der Waals surface area contributed by atoms with Crippen LogP contribution < -0.4 is 15.8 Å². The Balaban J connectivity index is 1.75. The fourth-order valence-corrected chi connectivity index (χ4v) is 2.99. The third-order valence-electron chi connectivity index (χ3n) is 4.09. The number of anilines is 3. The van der Waals surface area contributed by atoms with E-state index in [0.717, 1.165) is 30.9 Å². The van der Waals surface area contributed by atoms with Crippen molar-refractivity contribution in [1.29, 1.82) is 0 Å². The van der Waals surface area contributed by atoms with Crippen LogP contribution in [0, 0.1) is 0 Å². The Hall–Kier alpha value is -2.87. The SMILES string of the molecule is CCOc1ccccc1Nc1nc(N)nc2c1ncn2C1CCCO1. The molecular formula is C17H20N6O2. The molecule has 3 aromatic rings. The summed E-state index contributed by atoms with van der Waals surface area (Å²) >= 11 is 0. The Kier molecular flexibility index (Phi) is 4.10. The Morgan fingerprint density at radius 1 is 1.36 bits per heavy atom. The number of ether oxygens (including phenoxy) is 2. The molecule has 1 aliphatic heterocycles.